The van der Waals surface area contributed by atoms with Gasteiger partial charge in [-0.1, -0.05) is 48.0 Å². The molecule has 2 rings (SSSR count). The fourth-order valence-corrected chi connectivity index (χ4v) is 3.16. The van der Waals surface area contributed by atoms with Gasteiger partial charge in [-0.25, -0.2) is 0 Å². The van der Waals surface area contributed by atoms with Crippen molar-refractivity contribution in [2.24, 2.45) is 0 Å². The Morgan fingerprint density at radius 3 is 2.39 bits per heavy atom. The van der Waals surface area contributed by atoms with Gasteiger partial charge in [0, 0.05) is 17.1 Å². The number of benzene rings is 2. The van der Waals surface area contributed by atoms with Crippen molar-refractivity contribution < 1.29 is 9.59 Å². The van der Waals surface area contributed by atoms with Crippen LogP contribution in [0, 0.1) is 6.92 Å². The van der Waals surface area contributed by atoms with Crippen LogP contribution in [0.3, 0.4) is 0 Å². The van der Waals surface area contributed by atoms with Gasteiger partial charge in [0.05, 0.1) is 6.42 Å². The van der Waals surface area contributed by atoms with Gasteiger partial charge >= 0.3 is 0 Å². The van der Waals surface area contributed by atoms with E-state index in [1.54, 1.807) is 24.0 Å². The van der Waals surface area contributed by atoms with Gasteiger partial charge in [-0.15, -0.1) is 0 Å². The molecule has 0 spiro atoms. The lowest BCUT2D eigenvalue weighted by atomic mass is 10.0. The van der Waals surface area contributed by atoms with E-state index in [0.717, 1.165) is 16.7 Å². The molecule has 0 radical (unpaired) electrons. The summed E-state index contributed by atoms with van der Waals surface area (Å²) in [7, 11) is 0. The summed E-state index contributed by atoms with van der Waals surface area (Å²) < 4.78 is 0. The predicted molar refractivity (Wildman–Crippen MR) is 114 cm³/mol. The molecule has 150 valence electrons. The van der Waals surface area contributed by atoms with Crippen LogP contribution in [-0.2, 0) is 22.6 Å². The number of carbonyl (C=O) groups excluding carboxylic acids is 2. The number of halogens is 1. The Morgan fingerprint density at radius 1 is 1.11 bits per heavy atom. The van der Waals surface area contributed by atoms with Gasteiger partial charge < -0.3 is 10.2 Å². The van der Waals surface area contributed by atoms with Crippen LogP contribution in [0.5, 0.6) is 0 Å². The standard InChI is InChI=1S/C23H29ClN2O2/c1-16-9-6-7-11-19(16)15-26(17(2)22(28)25-23(3,4)5)21(27)14-18-10-8-12-20(24)13-18/h6-13,17H,14-15H2,1-5H3,(H,25,28). The lowest BCUT2D eigenvalue weighted by Gasteiger charge is -2.32. The van der Waals surface area contributed by atoms with Gasteiger partial charge in [0.1, 0.15) is 6.04 Å². The van der Waals surface area contributed by atoms with Gasteiger partial charge in [-0.3, -0.25) is 9.59 Å². The van der Waals surface area contributed by atoms with E-state index in [-0.39, 0.29) is 23.8 Å². The number of rotatable bonds is 6. The van der Waals surface area contributed by atoms with Crippen molar-refractivity contribution in [1.29, 1.82) is 0 Å². The summed E-state index contributed by atoms with van der Waals surface area (Å²) in [6.07, 6.45) is 0.194. The molecule has 0 saturated carbocycles. The third-order valence-electron chi connectivity index (χ3n) is 4.51. The predicted octanol–water partition coefficient (Wildman–Crippen LogP) is 4.52. The molecule has 1 atom stereocenters. The number of hydrogen-bond donors (Lipinski definition) is 1. The topological polar surface area (TPSA) is 49.4 Å². The Hall–Kier alpha value is -2.33. The first-order chi connectivity index (χ1) is 13.1. The summed E-state index contributed by atoms with van der Waals surface area (Å²) >= 11 is 6.06. The minimum Gasteiger partial charge on any atom is -0.350 e. The van der Waals surface area contributed by atoms with Crippen LogP contribution in [0.4, 0.5) is 0 Å². The third kappa shape index (κ3) is 6.38. The molecule has 2 aromatic carbocycles. The summed E-state index contributed by atoms with van der Waals surface area (Å²) in [6, 6.07) is 14.6. The molecule has 1 unspecified atom stereocenters. The van der Waals surface area contributed by atoms with Crippen LogP contribution < -0.4 is 5.32 Å². The number of nitrogens with zero attached hydrogens (tertiary/aromatic N) is 1. The number of nitrogens with one attached hydrogen (secondary N) is 1. The second-order valence-corrected chi connectivity index (χ2v) is 8.61. The van der Waals surface area contributed by atoms with E-state index in [1.165, 1.54) is 0 Å². The Bertz CT molecular complexity index is 842. The molecule has 28 heavy (non-hydrogen) atoms. The maximum absolute atomic E-state index is 13.2. The summed E-state index contributed by atoms with van der Waals surface area (Å²) in [5.41, 5.74) is 2.58. The van der Waals surface area contributed by atoms with Crippen LogP contribution in [0.15, 0.2) is 48.5 Å². The molecule has 0 aliphatic heterocycles. The molecule has 5 heteroatoms. The second-order valence-electron chi connectivity index (χ2n) is 8.17. The Balaban J connectivity index is 2.27. The van der Waals surface area contributed by atoms with Crippen LogP contribution in [0.1, 0.15) is 44.4 Å². The number of carbonyl (C=O) groups is 2. The first-order valence-corrected chi connectivity index (χ1v) is 9.85. The zero-order valence-electron chi connectivity index (χ0n) is 17.3. The second kappa shape index (κ2) is 9.24. The zero-order chi connectivity index (χ0) is 20.9. The number of aryl methyl sites for hydroxylation is 1. The Kier molecular flexibility index (Phi) is 7.25. The molecule has 0 heterocycles. The Labute approximate surface area is 172 Å². The largest absolute Gasteiger partial charge is 0.350 e. The fourth-order valence-electron chi connectivity index (χ4n) is 2.95. The highest BCUT2D eigenvalue weighted by Crippen LogP contribution is 2.17. The normalized spacial score (nSPS) is 12.4. The van der Waals surface area contributed by atoms with Crippen LogP contribution in [0.2, 0.25) is 5.02 Å². The highest BCUT2D eigenvalue weighted by Gasteiger charge is 2.28. The fraction of sp³-hybridized carbons (Fsp3) is 0.391. The van der Waals surface area contributed by atoms with Gasteiger partial charge in [0.25, 0.3) is 0 Å². The van der Waals surface area contributed by atoms with E-state index in [9.17, 15) is 9.59 Å². The Morgan fingerprint density at radius 2 is 1.79 bits per heavy atom. The first-order valence-electron chi connectivity index (χ1n) is 9.47. The lowest BCUT2D eigenvalue weighted by Crippen LogP contribution is -2.52. The van der Waals surface area contributed by atoms with Gasteiger partial charge in [0.2, 0.25) is 11.8 Å². The van der Waals surface area contributed by atoms with Crippen molar-refractivity contribution in [1.82, 2.24) is 10.2 Å². The maximum atomic E-state index is 13.2. The van der Waals surface area contributed by atoms with Crippen LogP contribution in [-0.4, -0.2) is 28.3 Å². The minimum absolute atomic E-state index is 0.109. The minimum atomic E-state index is -0.592. The first kappa shape index (κ1) is 22.0. The van der Waals surface area contributed by atoms with E-state index in [2.05, 4.69) is 5.32 Å². The van der Waals surface area contributed by atoms with Crippen molar-refractivity contribution in [3.05, 3.63) is 70.2 Å². The highest BCUT2D eigenvalue weighted by molar-refractivity contribution is 6.30. The molecule has 0 fully saturated rings. The molecule has 0 aromatic heterocycles. The average Bonchev–Trinajstić information content (AvgIpc) is 2.59. The van der Waals surface area contributed by atoms with Gasteiger partial charge in [-0.05, 0) is 63.4 Å². The molecule has 1 N–H and O–H groups in total. The quantitative estimate of drug-likeness (QED) is 0.774. The lowest BCUT2D eigenvalue weighted by molar-refractivity contribution is -0.140. The molecular weight excluding hydrogens is 372 g/mol. The van der Waals surface area contributed by atoms with Gasteiger partial charge in [0.15, 0.2) is 0 Å². The molecule has 2 amide bonds. The molecule has 0 aliphatic carbocycles. The SMILES string of the molecule is Cc1ccccc1CN(C(=O)Cc1cccc(Cl)c1)C(C)C(=O)NC(C)(C)C. The molecular formula is C23H29ClN2O2. The number of hydrogen-bond acceptors (Lipinski definition) is 2. The van der Waals surface area contributed by atoms with Crippen molar-refractivity contribution >= 4 is 23.4 Å². The molecule has 0 aliphatic rings. The summed E-state index contributed by atoms with van der Waals surface area (Å²) in [5.74, 6) is -0.275. The van der Waals surface area contributed by atoms with Crippen molar-refractivity contribution in [2.45, 2.75) is 59.2 Å². The summed E-state index contributed by atoms with van der Waals surface area (Å²) in [4.78, 5) is 27.6. The molecule has 4 nitrogen and oxygen atoms in total. The molecule has 0 saturated heterocycles. The smallest absolute Gasteiger partial charge is 0.242 e. The van der Waals surface area contributed by atoms with E-state index in [4.69, 9.17) is 11.6 Å². The monoisotopic (exact) mass is 400 g/mol. The van der Waals surface area contributed by atoms with E-state index < -0.39 is 6.04 Å². The summed E-state index contributed by atoms with van der Waals surface area (Å²) in [5, 5.41) is 3.57. The third-order valence-corrected chi connectivity index (χ3v) is 4.75. The van der Waals surface area contributed by atoms with Crippen molar-refractivity contribution in [2.75, 3.05) is 0 Å². The van der Waals surface area contributed by atoms with Crippen molar-refractivity contribution in [3.63, 3.8) is 0 Å². The van der Waals surface area contributed by atoms with Crippen LogP contribution in [0.25, 0.3) is 0 Å². The highest BCUT2D eigenvalue weighted by atomic mass is 35.5. The molecule has 0 bridgehead atoms. The van der Waals surface area contributed by atoms with Gasteiger partial charge in [-0.2, -0.15) is 0 Å². The van der Waals surface area contributed by atoms with E-state index in [1.807, 2.05) is 64.1 Å². The van der Waals surface area contributed by atoms with Crippen molar-refractivity contribution in [3.8, 4) is 0 Å². The van der Waals surface area contributed by atoms with Crippen LogP contribution >= 0.6 is 11.6 Å². The van der Waals surface area contributed by atoms with E-state index in [0.29, 0.717) is 11.6 Å². The maximum Gasteiger partial charge on any atom is 0.242 e. The molecule has 2 aromatic rings. The average molecular weight is 401 g/mol. The summed E-state index contributed by atoms with van der Waals surface area (Å²) in [6.45, 7) is 9.94. The zero-order valence-corrected chi connectivity index (χ0v) is 18.0. The number of amides is 2. The van der Waals surface area contributed by atoms with E-state index >= 15 is 0 Å².